The van der Waals surface area contributed by atoms with Gasteiger partial charge in [0.1, 0.15) is 0 Å². The van der Waals surface area contributed by atoms with Crippen LogP contribution in [0, 0.1) is 5.82 Å². The van der Waals surface area contributed by atoms with E-state index in [0.29, 0.717) is 0 Å². The molecule has 15 heavy (non-hydrogen) atoms. The number of halogens is 3. The molecule has 1 fully saturated rings. The second-order valence-corrected chi connectivity index (χ2v) is 5.01. The Morgan fingerprint density at radius 2 is 1.80 bits per heavy atom. The zero-order chi connectivity index (χ0) is 11.2. The van der Waals surface area contributed by atoms with Crippen molar-refractivity contribution in [3.05, 3.63) is 33.6 Å². The van der Waals surface area contributed by atoms with Crippen LogP contribution in [-0.2, 0) is 5.41 Å². The van der Waals surface area contributed by atoms with Gasteiger partial charge in [0.15, 0.2) is 5.82 Å². The molecule has 4 heteroatoms. The average Bonchev–Trinajstić information content (AvgIpc) is 2.93. The van der Waals surface area contributed by atoms with E-state index in [1.165, 1.54) is 0 Å². The molecule has 0 amide bonds. The van der Waals surface area contributed by atoms with Gasteiger partial charge in [0, 0.05) is 11.5 Å². The summed E-state index contributed by atoms with van der Waals surface area (Å²) in [5, 5.41) is 0.147. The van der Waals surface area contributed by atoms with Crippen molar-refractivity contribution in [1.29, 1.82) is 0 Å². The zero-order valence-electron chi connectivity index (χ0n) is 8.36. The van der Waals surface area contributed by atoms with Crippen LogP contribution in [0.2, 0.25) is 10.0 Å². The summed E-state index contributed by atoms with van der Waals surface area (Å²) in [7, 11) is 0. The second-order valence-electron chi connectivity index (χ2n) is 4.20. The van der Waals surface area contributed by atoms with E-state index in [1.54, 1.807) is 12.1 Å². The van der Waals surface area contributed by atoms with Gasteiger partial charge >= 0.3 is 0 Å². The highest BCUT2D eigenvalue weighted by atomic mass is 35.5. The standard InChI is InChI=1S/C11H12Cl2FN/c1-6(15)11(2-3-11)7-4-8(12)10(14)9(13)5-7/h4-6H,2-3,15H2,1H3. The highest BCUT2D eigenvalue weighted by Gasteiger charge is 2.47. The number of hydrogen-bond donors (Lipinski definition) is 1. The van der Waals surface area contributed by atoms with Gasteiger partial charge in [-0.05, 0) is 37.5 Å². The summed E-state index contributed by atoms with van der Waals surface area (Å²) in [6.07, 6.45) is 2.03. The highest BCUT2D eigenvalue weighted by molar-refractivity contribution is 6.35. The third-order valence-electron chi connectivity index (χ3n) is 3.22. The van der Waals surface area contributed by atoms with Gasteiger partial charge in [-0.3, -0.25) is 0 Å². The molecule has 0 radical (unpaired) electrons. The fourth-order valence-corrected chi connectivity index (χ4v) is 2.47. The predicted octanol–water partition coefficient (Wildman–Crippen LogP) is 3.51. The second kappa shape index (κ2) is 3.62. The van der Waals surface area contributed by atoms with Crippen LogP contribution < -0.4 is 5.73 Å². The van der Waals surface area contributed by atoms with Gasteiger partial charge in [0.2, 0.25) is 0 Å². The van der Waals surface area contributed by atoms with Crippen molar-refractivity contribution in [1.82, 2.24) is 0 Å². The van der Waals surface area contributed by atoms with Crippen molar-refractivity contribution in [2.45, 2.75) is 31.2 Å². The van der Waals surface area contributed by atoms with Gasteiger partial charge < -0.3 is 5.73 Å². The minimum atomic E-state index is -0.553. The van der Waals surface area contributed by atoms with Gasteiger partial charge in [-0.25, -0.2) is 4.39 Å². The maximum absolute atomic E-state index is 13.2. The summed E-state index contributed by atoms with van der Waals surface area (Å²) >= 11 is 11.5. The number of benzene rings is 1. The smallest absolute Gasteiger partial charge is 0.160 e. The Balaban J connectivity index is 2.47. The van der Waals surface area contributed by atoms with Gasteiger partial charge in [0.25, 0.3) is 0 Å². The van der Waals surface area contributed by atoms with Crippen LogP contribution in [0.3, 0.4) is 0 Å². The lowest BCUT2D eigenvalue weighted by molar-refractivity contribution is 0.554. The highest BCUT2D eigenvalue weighted by Crippen LogP contribution is 2.51. The fourth-order valence-electron chi connectivity index (χ4n) is 1.98. The van der Waals surface area contributed by atoms with E-state index in [2.05, 4.69) is 0 Å². The molecule has 1 unspecified atom stereocenters. The van der Waals surface area contributed by atoms with Crippen molar-refractivity contribution in [3.63, 3.8) is 0 Å². The Kier molecular flexibility index (Phi) is 2.70. The van der Waals surface area contributed by atoms with E-state index in [4.69, 9.17) is 28.9 Å². The lowest BCUT2D eigenvalue weighted by atomic mass is 9.89. The summed E-state index contributed by atoms with van der Waals surface area (Å²) < 4.78 is 13.2. The van der Waals surface area contributed by atoms with Crippen LogP contribution in [-0.4, -0.2) is 6.04 Å². The van der Waals surface area contributed by atoms with E-state index >= 15 is 0 Å². The average molecular weight is 248 g/mol. The maximum atomic E-state index is 13.2. The number of hydrogen-bond acceptors (Lipinski definition) is 1. The Morgan fingerprint density at radius 1 is 1.33 bits per heavy atom. The molecule has 1 aromatic carbocycles. The van der Waals surface area contributed by atoms with E-state index in [1.807, 2.05) is 6.92 Å². The van der Waals surface area contributed by atoms with Crippen molar-refractivity contribution >= 4 is 23.2 Å². The molecule has 0 saturated heterocycles. The van der Waals surface area contributed by atoms with E-state index in [9.17, 15) is 4.39 Å². The van der Waals surface area contributed by atoms with E-state index in [-0.39, 0.29) is 21.5 Å². The van der Waals surface area contributed by atoms with Gasteiger partial charge in [0.05, 0.1) is 10.0 Å². The molecule has 1 saturated carbocycles. The zero-order valence-corrected chi connectivity index (χ0v) is 9.87. The Labute approximate surface area is 98.4 Å². The minimum absolute atomic E-state index is 0.0371. The van der Waals surface area contributed by atoms with Crippen LogP contribution in [0.25, 0.3) is 0 Å². The Morgan fingerprint density at radius 3 is 2.13 bits per heavy atom. The van der Waals surface area contributed by atoms with Crippen molar-refractivity contribution in [2.75, 3.05) is 0 Å². The van der Waals surface area contributed by atoms with Crippen LogP contribution >= 0.6 is 23.2 Å². The first-order chi connectivity index (χ1) is 6.97. The minimum Gasteiger partial charge on any atom is -0.327 e. The summed E-state index contributed by atoms with van der Waals surface area (Å²) in [5.74, 6) is -0.553. The first-order valence-electron chi connectivity index (χ1n) is 4.88. The largest absolute Gasteiger partial charge is 0.327 e. The summed E-state index contributed by atoms with van der Waals surface area (Å²) in [4.78, 5) is 0. The first-order valence-corrected chi connectivity index (χ1v) is 5.63. The molecule has 2 rings (SSSR count). The third-order valence-corrected chi connectivity index (χ3v) is 3.77. The monoisotopic (exact) mass is 247 g/mol. The molecule has 1 nitrogen and oxygen atoms in total. The Hall–Kier alpha value is -0.310. The van der Waals surface area contributed by atoms with Crippen molar-refractivity contribution in [2.24, 2.45) is 5.73 Å². The van der Waals surface area contributed by atoms with Crippen molar-refractivity contribution in [3.8, 4) is 0 Å². The molecule has 0 spiro atoms. The molecule has 1 aromatic rings. The molecular formula is C11H12Cl2FN. The normalized spacial score (nSPS) is 20.1. The molecule has 0 aliphatic heterocycles. The predicted molar refractivity (Wildman–Crippen MR) is 61.0 cm³/mol. The third kappa shape index (κ3) is 1.75. The first kappa shape index (κ1) is 11.2. The van der Waals surface area contributed by atoms with Crippen molar-refractivity contribution < 1.29 is 4.39 Å². The summed E-state index contributed by atoms with van der Waals surface area (Å²) in [6.45, 7) is 1.96. The van der Waals surface area contributed by atoms with Crippen LogP contribution in [0.1, 0.15) is 25.3 Å². The lowest BCUT2D eigenvalue weighted by Crippen LogP contribution is -2.31. The molecular weight excluding hydrogens is 236 g/mol. The van der Waals surface area contributed by atoms with Gasteiger partial charge in [-0.15, -0.1) is 0 Å². The molecule has 82 valence electrons. The molecule has 0 heterocycles. The molecule has 0 bridgehead atoms. The lowest BCUT2D eigenvalue weighted by Gasteiger charge is -2.20. The molecule has 1 aliphatic rings. The molecule has 0 aromatic heterocycles. The number of nitrogens with two attached hydrogens (primary N) is 1. The quantitative estimate of drug-likeness (QED) is 0.796. The Bertz CT molecular complexity index is 377. The maximum Gasteiger partial charge on any atom is 0.160 e. The van der Waals surface area contributed by atoms with E-state index < -0.39 is 5.82 Å². The molecule has 1 atom stereocenters. The van der Waals surface area contributed by atoms with Crippen LogP contribution in [0.5, 0.6) is 0 Å². The van der Waals surface area contributed by atoms with Crippen LogP contribution in [0.15, 0.2) is 12.1 Å². The number of rotatable bonds is 2. The van der Waals surface area contributed by atoms with Gasteiger partial charge in [-0.2, -0.15) is 0 Å². The SMILES string of the molecule is CC(N)C1(c2cc(Cl)c(F)c(Cl)c2)CC1. The topological polar surface area (TPSA) is 26.0 Å². The van der Waals surface area contributed by atoms with Gasteiger partial charge in [-0.1, -0.05) is 23.2 Å². The molecule has 2 N–H and O–H groups in total. The van der Waals surface area contributed by atoms with Crippen LogP contribution in [0.4, 0.5) is 4.39 Å². The van der Waals surface area contributed by atoms with E-state index in [0.717, 1.165) is 18.4 Å². The summed E-state index contributed by atoms with van der Waals surface area (Å²) in [5.41, 5.74) is 6.83. The molecule has 1 aliphatic carbocycles. The summed E-state index contributed by atoms with van der Waals surface area (Å²) in [6, 6.07) is 3.31. The fraction of sp³-hybridized carbons (Fsp3) is 0.455.